The minimum Gasteiger partial charge on any atom is -0.493 e. The molecule has 5 nitrogen and oxygen atoms in total. The molecule has 1 unspecified atom stereocenters. The van der Waals surface area contributed by atoms with Gasteiger partial charge in [-0.2, -0.15) is 0 Å². The lowest BCUT2D eigenvalue weighted by Gasteiger charge is -2.33. The van der Waals surface area contributed by atoms with Gasteiger partial charge in [-0.05, 0) is 69.6 Å². The van der Waals surface area contributed by atoms with E-state index >= 15 is 0 Å². The fraction of sp³-hybridized carbons (Fsp3) is 0.522. The monoisotopic (exact) mass is 383 g/mol. The van der Waals surface area contributed by atoms with Gasteiger partial charge in [0.15, 0.2) is 11.5 Å². The van der Waals surface area contributed by atoms with Gasteiger partial charge >= 0.3 is 0 Å². The zero-order valence-corrected chi connectivity index (χ0v) is 17.2. The number of pyridine rings is 1. The van der Waals surface area contributed by atoms with Crippen LogP contribution in [0.3, 0.4) is 0 Å². The topological polar surface area (TPSA) is 46.6 Å². The molecule has 0 spiro atoms. The first-order chi connectivity index (χ1) is 13.8. The zero-order chi connectivity index (χ0) is 19.6. The Labute approximate surface area is 169 Å². The minimum absolute atomic E-state index is 0.481. The minimum atomic E-state index is 0.481. The normalized spacial score (nSPS) is 17.4. The lowest BCUT2D eigenvalue weighted by atomic mass is 10.0. The highest BCUT2D eigenvalue weighted by atomic mass is 16.5. The number of nitrogens with one attached hydrogen (secondary N) is 1. The number of aromatic nitrogens is 1. The molecule has 3 rings (SSSR count). The molecule has 0 saturated carbocycles. The van der Waals surface area contributed by atoms with Crippen molar-refractivity contribution < 1.29 is 9.47 Å². The zero-order valence-electron chi connectivity index (χ0n) is 17.2. The predicted molar refractivity (Wildman–Crippen MR) is 113 cm³/mol. The maximum Gasteiger partial charge on any atom is 0.161 e. The largest absolute Gasteiger partial charge is 0.493 e. The number of likely N-dealkylation sites (tertiary alicyclic amines) is 1. The molecule has 1 aromatic carbocycles. The molecule has 1 saturated heterocycles. The number of rotatable bonds is 10. The number of piperidine rings is 1. The summed E-state index contributed by atoms with van der Waals surface area (Å²) in [6.07, 6.45) is 8.86. The summed E-state index contributed by atoms with van der Waals surface area (Å²) in [7, 11) is 1.67. The van der Waals surface area contributed by atoms with Gasteiger partial charge in [0.2, 0.25) is 0 Å². The van der Waals surface area contributed by atoms with Gasteiger partial charge in [-0.1, -0.05) is 18.6 Å². The van der Waals surface area contributed by atoms with Crippen LogP contribution in [0, 0.1) is 0 Å². The molecule has 1 N–H and O–H groups in total. The molecule has 28 heavy (non-hydrogen) atoms. The van der Waals surface area contributed by atoms with Gasteiger partial charge in [-0.25, -0.2) is 0 Å². The van der Waals surface area contributed by atoms with E-state index in [1.807, 2.05) is 24.4 Å². The molecule has 1 fully saturated rings. The van der Waals surface area contributed by atoms with Gasteiger partial charge in [-0.3, -0.25) is 4.98 Å². The van der Waals surface area contributed by atoms with Crippen LogP contribution in [0.2, 0.25) is 0 Å². The molecule has 0 aliphatic carbocycles. The van der Waals surface area contributed by atoms with Crippen molar-refractivity contribution in [3.05, 3.63) is 53.9 Å². The summed E-state index contributed by atoms with van der Waals surface area (Å²) in [6, 6.07) is 10.8. The van der Waals surface area contributed by atoms with Gasteiger partial charge in [0, 0.05) is 30.5 Å². The van der Waals surface area contributed by atoms with Crippen molar-refractivity contribution in [2.75, 3.05) is 26.7 Å². The maximum absolute atomic E-state index is 5.97. The first-order valence-electron chi connectivity index (χ1n) is 10.4. The third-order valence-electron chi connectivity index (χ3n) is 5.41. The van der Waals surface area contributed by atoms with Crippen LogP contribution in [0.5, 0.6) is 11.5 Å². The molecule has 0 amide bonds. The van der Waals surface area contributed by atoms with Crippen molar-refractivity contribution in [2.45, 2.75) is 51.8 Å². The highest BCUT2D eigenvalue weighted by molar-refractivity contribution is 5.43. The van der Waals surface area contributed by atoms with Crippen LogP contribution < -0.4 is 14.8 Å². The van der Waals surface area contributed by atoms with E-state index in [0.717, 1.165) is 36.2 Å². The summed E-state index contributed by atoms with van der Waals surface area (Å²) in [5, 5.41) is 3.56. The fourth-order valence-corrected chi connectivity index (χ4v) is 3.72. The molecule has 0 radical (unpaired) electrons. The second-order valence-electron chi connectivity index (χ2n) is 7.55. The number of hydrogen-bond acceptors (Lipinski definition) is 5. The number of hydrogen-bond donors (Lipinski definition) is 1. The van der Waals surface area contributed by atoms with E-state index in [1.165, 1.54) is 44.3 Å². The Morgan fingerprint density at radius 2 is 2.11 bits per heavy atom. The Morgan fingerprint density at radius 1 is 1.18 bits per heavy atom. The van der Waals surface area contributed by atoms with E-state index in [0.29, 0.717) is 6.61 Å². The molecule has 0 bridgehead atoms. The third-order valence-corrected chi connectivity index (χ3v) is 5.41. The maximum atomic E-state index is 5.97. The van der Waals surface area contributed by atoms with Gasteiger partial charge < -0.3 is 19.7 Å². The molecule has 1 aliphatic heterocycles. The standard InChI is InChI=1S/C23H33N3O2/c1-19-7-3-4-13-26(19)14-6-12-25-16-20-9-10-22(27-2)23(15-20)28-18-21-8-5-11-24-17-21/h5,8-11,15,17,19,25H,3-4,6-7,12-14,16,18H2,1-2H3. The SMILES string of the molecule is COc1ccc(CNCCCN2CCCCC2C)cc1OCc1cccnc1. The van der Waals surface area contributed by atoms with E-state index in [2.05, 4.69) is 34.3 Å². The first kappa shape index (κ1) is 20.6. The van der Waals surface area contributed by atoms with E-state index in [1.54, 1.807) is 13.3 Å². The van der Waals surface area contributed by atoms with Crippen LogP contribution >= 0.6 is 0 Å². The smallest absolute Gasteiger partial charge is 0.161 e. The summed E-state index contributed by atoms with van der Waals surface area (Å²) in [4.78, 5) is 6.76. The Bertz CT molecular complexity index is 708. The second kappa shape index (κ2) is 11.0. The van der Waals surface area contributed by atoms with Crippen LogP contribution in [0.4, 0.5) is 0 Å². The van der Waals surface area contributed by atoms with Crippen molar-refractivity contribution in [1.82, 2.24) is 15.2 Å². The quantitative estimate of drug-likeness (QED) is 0.628. The van der Waals surface area contributed by atoms with Gasteiger partial charge in [0.25, 0.3) is 0 Å². The van der Waals surface area contributed by atoms with Crippen LogP contribution in [0.15, 0.2) is 42.7 Å². The number of methoxy groups -OCH3 is 1. The fourth-order valence-electron chi connectivity index (χ4n) is 3.72. The van der Waals surface area contributed by atoms with Crippen molar-refractivity contribution in [3.8, 4) is 11.5 Å². The predicted octanol–water partition coefficient (Wildman–Crippen LogP) is 4.02. The van der Waals surface area contributed by atoms with Crippen LogP contribution in [-0.4, -0.2) is 42.7 Å². The second-order valence-corrected chi connectivity index (χ2v) is 7.55. The van der Waals surface area contributed by atoms with E-state index < -0.39 is 0 Å². The highest BCUT2D eigenvalue weighted by Crippen LogP contribution is 2.28. The number of benzene rings is 1. The Balaban J connectivity index is 1.44. The third kappa shape index (κ3) is 6.21. The van der Waals surface area contributed by atoms with Crippen LogP contribution in [-0.2, 0) is 13.2 Å². The summed E-state index contributed by atoms with van der Waals surface area (Å²) in [6.45, 7) is 7.16. The van der Waals surface area contributed by atoms with Crippen molar-refractivity contribution in [1.29, 1.82) is 0 Å². The molecule has 1 aliphatic rings. The van der Waals surface area contributed by atoms with Gasteiger partial charge in [0.05, 0.1) is 7.11 Å². The highest BCUT2D eigenvalue weighted by Gasteiger charge is 2.17. The average Bonchev–Trinajstić information content (AvgIpc) is 2.74. The van der Waals surface area contributed by atoms with Crippen molar-refractivity contribution >= 4 is 0 Å². The summed E-state index contributed by atoms with van der Waals surface area (Å²) >= 11 is 0. The van der Waals surface area contributed by atoms with Crippen molar-refractivity contribution in [3.63, 3.8) is 0 Å². The molecule has 5 heteroatoms. The lowest BCUT2D eigenvalue weighted by Crippen LogP contribution is -2.38. The average molecular weight is 384 g/mol. The Kier molecular flexibility index (Phi) is 8.12. The van der Waals surface area contributed by atoms with E-state index in [9.17, 15) is 0 Å². The number of nitrogens with zero attached hydrogens (tertiary/aromatic N) is 2. The van der Waals surface area contributed by atoms with Gasteiger partial charge in [0.1, 0.15) is 6.61 Å². The van der Waals surface area contributed by atoms with E-state index in [-0.39, 0.29) is 0 Å². The molecular weight excluding hydrogens is 350 g/mol. The van der Waals surface area contributed by atoms with Crippen molar-refractivity contribution in [2.24, 2.45) is 0 Å². The van der Waals surface area contributed by atoms with Crippen LogP contribution in [0.25, 0.3) is 0 Å². The summed E-state index contributed by atoms with van der Waals surface area (Å²) < 4.78 is 11.4. The summed E-state index contributed by atoms with van der Waals surface area (Å²) in [5.74, 6) is 1.53. The Morgan fingerprint density at radius 3 is 2.89 bits per heavy atom. The summed E-state index contributed by atoms with van der Waals surface area (Å²) in [5.41, 5.74) is 2.24. The first-order valence-corrected chi connectivity index (χ1v) is 10.4. The molecule has 2 heterocycles. The molecular formula is C23H33N3O2. The molecule has 1 aromatic heterocycles. The van der Waals surface area contributed by atoms with Crippen LogP contribution in [0.1, 0.15) is 43.7 Å². The lowest BCUT2D eigenvalue weighted by molar-refractivity contribution is 0.159. The number of ether oxygens (including phenoxy) is 2. The van der Waals surface area contributed by atoms with Gasteiger partial charge in [-0.15, -0.1) is 0 Å². The molecule has 1 atom stereocenters. The Hall–Kier alpha value is -2.11. The van der Waals surface area contributed by atoms with E-state index in [4.69, 9.17) is 9.47 Å². The molecule has 2 aromatic rings. The molecule has 152 valence electrons.